The third-order valence-corrected chi connectivity index (χ3v) is 7.20. The van der Waals surface area contributed by atoms with Crippen LogP contribution in [0, 0.1) is 0 Å². The SMILES string of the molecule is CCCOc1ccc(-c2nn(-c3ccccc3)cc2/C=C2\SC(=S)N(C(C)CC)C2=O)cc1Cl. The van der Waals surface area contributed by atoms with E-state index >= 15 is 0 Å². The number of carbonyl (C=O) groups is 1. The Morgan fingerprint density at radius 1 is 1.21 bits per heavy atom. The number of halogens is 1. The largest absolute Gasteiger partial charge is 0.492 e. The van der Waals surface area contributed by atoms with Crippen molar-refractivity contribution in [3.63, 3.8) is 0 Å². The van der Waals surface area contributed by atoms with Crippen molar-refractivity contribution in [3.05, 3.63) is 70.2 Å². The molecule has 1 aliphatic rings. The van der Waals surface area contributed by atoms with Crippen molar-refractivity contribution in [2.24, 2.45) is 0 Å². The first kappa shape index (κ1) is 24.5. The van der Waals surface area contributed by atoms with E-state index in [4.69, 9.17) is 33.7 Å². The van der Waals surface area contributed by atoms with Gasteiger partial charge in [0.05, 0.1) is 22.2 Å². The number of hydrogen-bond donors (Lipinski definition) is 0. The zero-order chi connectivity index (χ0) is 24.2. The van der Waals surface area contributed by atoms with E-state index in [0.717, 1.165) is 35.3 Å². The summed E-state index contributed by atoms with van der Waals surface area (Å²) in [6.07, 6.45) is 5.54. The van der Waals surface area contributed by atoms with Crippen LogP contribution in [0.15, 0.2) is 59.6 Å². The molecule has 0 aliphatic carbocycles. The minimum absolute atomic E-state index is 0.0550. The minimum Gasteiger partial charge on any atom is -0.492 e. The zero-order valence-electron chi connectivity index (χ0n) is 19.3. The molecule has 0 bridgehead atoms. The predicted octanol–water partition coefficient (Wildman–Crippen LogP) is 6.98. The van der Waals surface area contributed by atoms with Gasteiger partial charge < -0.3 is 4.74 Å². The number of thioether (sulfide) groups is 1. The van der Waals surface area contributed by atoms with Crippen LogP contribution in [0.3, 0.4) is 0 Å². The van der Waals surface area contributed by atoms with Crippen molar-refractivity contribution in [3.8, 4) is 22.7 Å². The van der Waals surface area contributed by atoms with E-state index in [1.54, 1.807) is 4.90 Å². The number of hydrogen-bond acceptors (Lipinski definition) is 5. The van der Waals surface area contributed by atoms with Crippen molar-refractivity contribution in [1.29, 1.82) is 0 Å². The molecule has 8 heteroatoms. The molecule has 0 N–H and O–H groups in total. The molecular weight excluding hydrogens is 486 g/mol. The van der Waals surface area contributed by atoms with E-state index in [-0.39, 0.29) is 11.9 Å². The molecule has 1 amide bonds. The molecule has 176 valence electrons. The molecule has 3 aromatic rings. The van der Waals surface area contributed by atoms with Gasteiger partial charge in [0.25, 0.3) is 5.91 Å². The fraction of sp³-hybridized carbons (Fsp3) is 0.269. The maximum atomic E-state index is 13.1. The van der Waals surface area contributed by atoms with Gasteiger partial charge in [-0.05, 0) is 56.2 Å². The molecule has 2 aromatic carbocycles. The lowest BCUT2D eigenvalue weighted by Crippen LogP contribution is -2.36. The summed E-state index contributed by atoms with van der Waals surface area (Å²) in [7, 11) is 0. The summed E-state index contributed by atoms with van der Waals surface area (Å²) in [4.78, 5) is 15.4. The summed E-state index contributed by atoms with van der Waals surface area (Å²) in [5.41, 5.74) is 3.30. The Hall–Kier alpha value is -2.61. The van der Waals surface area contributed by atoms with Crippen molar-refractivity contribution in [2.45, 2.75) is 39.7 Å². The molecule has 0 saturated carbocycles. The molecule has 1 saturated heterocycles. The third-order valence-electron chi connectivity index (χ3n) is 5.57. The highest BCUT2D eigenvalue weighted by Crippen LogP contribution is 2.37. The Balaban J connectivity index is 1.78. The standard InChI is InChI=1S/C26H26ClN3O2S2/c1-4-13-32-22-12-11-18(14-21(22)27)24-19(16-29(28-24)20-9-7-6-8-10-20)15-23-25(31)30(17(3)5-2)26(33)34-23/h6-12,14-17H,4-5,13H2,1-3H3/b23-15-. The Morgan fingerprint density at radius 3 is 2.65 bits per heavy atom. The Labute approximate surface area is 214 Å². The molecular formula is C26H26ClN3O2S2. The average molecular weight is 512 g/mol. The number of aromatic nitrogens is 2. The summed E-state index contributed by atoms with van der Waals surface area (Å²) in [6, 6.07) is 15.6. The normalized spacial score (nSPS) is 15.9. The average Bonchev–Trinajstić information content (AvgIpc) is 3.39. The molecule has 5 nitrogen and oxygen atoms in total. The highest BCUT2D eigenvalue weighted by Gasteiger charge is 2.35. The van der Waals surface area contributed by atoms with Crippen LogP contribution in [0.2, 0.25) is 5.02 Å². The van der Waals surface area contributed by atoms with Crippen LogP contribution in [0.4, 0.5) is 0 Å². The summed E-state index contributed by atoms with van der Waals surface area (Å²) in [5, 5.41) is 5.37. The first-order chi connectivity index (χ1) is 16.4. The minimum atomic E-state index is -0.0656. The monoisotopic (exact) mass is 511 g/mol. The van der Waals surface area contributed by atoms with Crippen LogP contribution in [-0.4, -0.2) is 37.6 Å². The van der Waals surface area contributed by atoms with Crippen molar-refractivity contribution >= 4 is 51.9 Å². The zero-order valence-corrected chi connectivity index (χ0v) is 21.7. The van der Waals surface area contributed by atoms with Gasteiger partial charge in [0.1, 0.15) is 15.8 Å². The number of carbonyl (C=O) groups excluding carboxylic acids is 1. The lowest BCUT2D eigenvalue weighted by Gasteiger charge is -2.21. The van der Waals surface area contributed by atoms with Gasteiger partial charge in [-0.2, -0.15) is 5.10 Å². The van der Waals surface area contributed by atoms with Crippen LogP contribution in [-0.2, 0) is 4.79 Å². The van der Waals surface area contributed by atoms with Gasteiger partial charge in [0.15, 0.2) is 0 Å². The van der Waals surface area contributed by atoms with Gasteiger partial charge >= 0.3 is 0 Å². The molecule has 0 spiro atoms. The van der Waals surface area contributed by atoms with Gasteiger partial charge in [-0.25, -0.2) is 4.68 Å². The number of rotatable bonds is 8. The molecule has 1 aromatic heterocycles. The maximum absolute atomic E-state index is 13.1. The maximum Gasteiger partial charge on any atom is 0.266 e. The number of para-hydroxylation sites is 1. The summed E-state index contributed by atoms with van der Waals surface area (Å²) in [6.45, 7) is 6.71. The number of amides is 1. The van der Waals surface area contributed by atoms with E-state index in [1.807, 2.05) is 79.3 Å². The Bertz CT molecular complexity index is 1240. The van der Waals surface area contributed by atoms with Crippen LogP contribution in [0.5, 0.6) is 5.75 Å². The number of benzene rings is 2. The third kappa shape index (κ3) is 5.06. The highest BCUT2D eigenvalue weighted by molar-refractivity contribution is 8.26. The molecule has 1 aliphatic heterocycles. The van der Waals surface area contributed by atoms with E-state index in [9.17, 15) is 4.79 Å². The van der Waals surface area contributed by atoms with Gasteiger partial charge in [-0.3, -0.25) is 9.69 Å². The highest BCUT2D eigenvalue weighted by atomic mass is 35.5. The summed E-state index contributed by atoms with van der Waals surface area (Å²) < 4.78 is 8.12. The molecule has 4 rings (SSSR count). The molecule has 2 heterocycles. The molecule has 1 unspecified atom stereocenters. The topological polar surface area (TPSA) is 47.4 Å². The lowest BCUT2D eigenvalue weighted by atomic mass is 10.1. The van der Waals surface area contributed by atoms with Crippen molar-refractivity contribution in [2.75, 3.05) is 6.61 Å². The Morgan fingerprint density at radius 2 is 1.97 bits per heavy atom. The van der Waals surface area contributed by atoms with E-state index in [1.165, 1.54) is 11.8 Å². The van der Waals surface area contributed by atoms with Crippen LogP contribution in [0.1, 0.15) is 39.2 Å². The number of thiocarbonyl (C=S) groups is 1. The molecule has 0 radical (unpaired) electrons. The number of ether oxygens (including phenoxy) is 1. The predicted molar refractivity (Wildman–Crippen MR) is 145 cm³/mol. The first-order valence-corrected chi connectivity index (χ1v) is 12.9. The quantitative estimate of drug-likeness (QED) is 0.241. The van der Waals surface area contributed by atoms with Crippen LogP contribution >= 0.6 is 35.6 Å². The van der Waals surface area contributed by atoms with Gasteiger partial charge in [-0.1, -0.05) is 67.6 Å². The van der Waals surface area contributed by atoms with Crippen molar-refractivity contribution in [1.82, 2.24) is 14.7 Å². The second kappa shape index (κ2) is 10.8. The van der Waals surface area contributed by atoms with E-state index < -0.39 is 0 Å². The van der Waals surface area contributed by atoms with Crippen LogP contribution in [0.25, 0.3) is 23.0 Å². The lowest BCUT2D eigenvalue weighted by molar-refractivity contribution is -0.123. The summed E-state index contributed by atoms with van der Waals surface area (Å²) in [5.74, 6) is 0.579. The van der Waals surface area contributed by atoms with Gasteiger partial charge in [0.2, 0.25) is 0 Å². The Kier molecular flexibility index (Phi) is 7.76. The molecule has 1 fully saturated rings. The fourth-order valence-corrected chi connectivity index (χ4v) is 5.28. The fourth-order valence-electron chi connectivity index (χ4n) is 3.59. The van der Waals surface area contributed by atoms with Crippen LogP contribution < -0.4 is 4.74 Å². The second-order valence-corrected chi connectivity index (χ2v) is 10.1. The van der Waals surface area contributed by atoms with Gasteiger partial charge in [0, 0.05) is 23.4 Å². The van der Waals surface area contributed by atoms with Gasteiger partial charge in [-0.15, -0.1) is 0 Å². The smallest absolute Gasteiger partial charge is 0.266 e. The second-order valence-electron chi connectivity index (χ2n) is 8.02. The molecule has 34 heavy (non-hydrogen) atoms. The van der Waals surface area contributed by atoms with E-state index in [0.29, 0.717) is 26.6 Å². The number of nitrogens with zero attached hydrogens (tertiary/aromatic N) is 3. The van der Waals surface area contributed by atoms with Crippen molar-refractivity contribution < 1.29 is 9.53 Å². The first-order valence-electron chi connectivity index (χ1n) is 11.3. The van der Waals surface area contributed by atoms with E-state index in [2.05, 4.69) is 6.92 Å². The molecule has 1 atom stereocenters. The summed E-state index contributed by atoms with van der Waals surface area (Å²) >= 11 is 13.3.